The van der Waals surface area contributed by atoms with Gasteiger partial charge in [0, 0.05) is 22.6 Å². The van der Waals surface area contributed by atoms with Crippen LogP contribution in [0, 0.1) is 5.82 Å². The van der Waals surface area contributed by atoms with Crippen molar-refractivity contribution in [3.05, 3.63) is 56.6 Å². The first-order valence-corrected chi connectivity index (χ1v) is 9.13. The summed E-state index contributed by atoms with van der Waals surface area (Å²) in [5.41, 5.74) is 14.7. The average Bonchev–Trinajstić information content (AvgIpc) is 3.05. The van der Waals surface area contributed by atoms with E-state index in [-0.39, 0.29) is 35.5 Å². The zero-order valence-electron chi connectivity index (χ0n) is 15.2. The summed E-state index contributed by atoms with van der Waals surface area (Å²) < 4.78 is 20.5. The molecule has 1 atom stereocenters. The van der Waals surface area contributed by atoms with Gasteiger partial charge in [-0.3, -0.25) is 4.79 Å². The summed E-state index contributed by atoms with van der Waals surface area (Å²) in [6.07, 6.45) is -1.03. The number of aromatic nitrogens is 2. The minimum atomic E-state index is -1.53. The monoisotopic (exact) mass is 396 g/mol. The lowest BCUT2D eigenvalue weighted by Crippen LogP contribution is -2.32. The van der Waals surface area contributed by atoms with Gasteiger partial charge in [-0.1, -0.05) is 0 Å². The topological polar surface area (TPSA) is 133 Å². The number of aliphatic hydroxyl groups excluding tert-OH is 1. The van der Waals surface area contributed by atoms with E-state index in [4.69, 9.17) is 16.2 Å². The number of cyclic esters (lactones) is 1. The summed E-state index contributed by atoms with van der Waals surface area (Å²) >= 11 is 0. The van der Waals surface area contributed by atoms with Gasteiger partial charge in [-0.25, -0.2) is 14.2 Å². The number of rotatable bonds is 2. The van der Waals surface area contributed by atoms with E-state index >= 15 is 0 Å². The quantitative estimate of drug-likeness (QED) is 0.336. The number of nitrogens with two attached hydrogens (primary N) is 2. The predicted octanol–water partition coefficient (Wildman–Crippen LogP) is 0.738. The molecular weight excluding hydrogens is 379 g/mol. The van der Waals surface area contributed by atoms with Crippen molar-refractivity contribution >= 4 is 22.6 Å². The van der Waals surface area contributed by atoms with E-state index in [0.29, 0.717) is 35.3 Å². The lowest BCUT2D eigenvalue weighted by molar-refractivity contribution is -0.157. The Balaban J connectivity index is 1.83. The smallest absolute Gasteiger partial charge is 0.340 e. The molecule has 2 aromatic heterocycles. The molecule has 1 aromatic carbocycles. The van der Waals surface area contributed by atoms with Crippen LogP contribution in [0.25, 0.3) is 22.3 Å². The number of fused-ring (bicyclic) bond motifs is 5. The van der Waals surface area contributed by atoms with Crippen molar-refractivity contribution < 1.29 is 19.0 Å². The second-order valence-electron chi connectivity index (χ2n) is 7.21. The first-order valence-electron chi connectivity index (χ1n) is 9.13. The maximum atomic E-state index is 14.1. The minimum Gasteiger partial charge on any atom is -0.458 e. The molecule has 2 aliphatic rings. The Bertz CT molecular complexity index is 1280. The number of ether oxygens (including phenoxy) is 1. The van der Waals surface area contributed by atoms with Crippen molar-refractivity contribution in [2.45, 2.75) is 25.7 Å². The largest absolute Gasteiger partial charge is 0.458 e. The van der Waals surface area contributed by atoms with Crippen LogP contribution in [0.15, 0.2) is 23.0 Å². The molecule has 9 heteroatoms. The molecule has 5 N–H and O–H groups in total. The third-order valence-corrected chi connectivity index (χ3v) is 5.59. The molecule has 0 aliphatic carbocycles. The van der Waals surface area contributed by atoms with Gasteiger partial charge in [0.15, 0.2) is 6.10 Å². The van der Waals surface area contributed by atoms with Gasteiger partial charge in [-0.15, -0.1) is 0 Å². The maximum Gasteiger partial charge on any atom is 0.340 e. The van der Waals surface area contributed by atoms with Crippen LogP contribution in [-0.4, -0.2) is 27.2 Å². The highest BCUT2D eigenvalue weighted by atomic mass is 19.1. The van der Waals surface area contributed by atoms with Gasteiger partial charge in [-0.05, 0) is 30.7 Å². The van der Waals surface area contributed by atoms with Crippen LogP contribution in [-0.2, 0) is 29.1 Å². The normalized spacial score (nSPS) is 17.1. The van der Waals surface area contributed by atoms with Gasteiger partial charge >= 0.3 is 5.97 Å². The van der Waals surface area contributed by atoms with Gasteiger partial charge in [0.2, 0.25) is 0 Å². The van der Waals surface area contributed by atoms with Gasteiger partial charge in [-0.2, -0.15) is 0 Å². The number of carbonyl (C=O) groups is 1. The van der Waals surface area contributed by atoms with Gasteiger partial charge < -0.3 is 25.9 Å². The molecular formula is C20H17FN4O4. The van der Waals surface area contributed by atoms with Crippen molar-refractivity contribution in [2.75, 3.05) is 12.3 Å². The Morgan fingerprint density at radius 2 is 2.07 bits per heavy atom. The molecule has 1 unspecified atom stereocenters. The molecule has 0 amide bonds. The van der Waals surface area contributed by atoms with Crippen molar-refractivity contribution in [1.82, 2.24) is 9.55 Å². The first kappa shape index (κ1) is 17.8. The number of esters is 1. The Morgan fingerprint density at radius 1 is 1.28 bits per heavy atom. The fourth-order valence-electron chi connectivity index (χ4n) is 4.18. The van der Waals surface area contributed by atoms with E-state index in [1.54, 1.807) is 6.07 Å². The molecule has 5 rings (SSSR count). The predicted molar refractivity (Wildman–Crippen MR) is 102 cm³/mol. The highest BCUT2D eigenvalue weighted by molar-refractivity contribution is 5.90. The SMILES string of the molecule is NCCc1c2c(nc3cc(F)c(N)cc13)-c1cc3c(c(=O)n1C2)COC(=O)C3O. The van der Waals surface area contributed by atoms with E-state index in [0.717, 1.165) is 11.1 Å². The van der Waals surface area contributed by atoms with Crippen molar-refractivity contribution in [3.63, 3.8) is 0 Å². The van der Waals surface area contributed by atoms with Crippen LogP contribution in [0.5, 0.6) is 0 Å². The Morgan fingerprint density at radius 3 is 2.83 bits per heavy atom. The fourth-order valence-corrected chi connectivity index (χ4v) is 4.18. The highest BCUT2D eigenvalue weighted by Gasteiger charge is 2.34. The summed E-state index contributed by atoms with van der Waals surface area (Å²) in [4.78, 5) is 29.3. The van der Waals surface area contributed by atoms with Gasteiger partial charge in [0.25, 0.3) is 5.56 Å². The average molecular weight is 396 g/mol. The molecule has 0 bridgehead atoms. The third kappa shape index (κ3) is 2.41. The Labute approximate surface area is 163 Å². The number of hydrogen-bond donors (Lipinski definition) is 3. The summed E-state index contributed by atoms with van der Waals surface area (Å²) in [6, 6.07) is 4.39. The zero-order chi connectivity index (χ0) is 20.4. The number of carbonyl (C=O) groups excluding carboxylic acids is 1. The number of nitrogens with zero attached hydrogens (tertiary/aromatic N) is 2. The number of hydrogen-bond acceptors (Lipinski definition) is 7. The first-order chi connectivity index (χ1) is 13.9. The van der Waals surface area contributed by atoms with E-state index < -0.39 is 17.9 Å². The number of nitrogen functional groups attached to an aromatic ring is 1. The molecule has 2 aliphatic heterocycles. The number of aliphatic hydroxyl groups is 1. The molecule has 29 heavy (non-hydrogen) atoms. The number of halogens is 1. The number of pyridine rings is 2. The zero-order valence-corrected chi connectivity index (χ0v) is 15.2. The minimum absolute atomic E-state index is 0.0134. The molecule has 0 spiro atoms. The van der Waals surface area contributed by atoms with E-state index in [9.17, 15) is 19.1 Å². The fraction of sp³-hybridized carbons (Fsp3) is 0.250. The van der Waals surface area contributed by atoms with Crippen LogP contribution in [0.3, 0.4) is 0 Å². The lowest BCUT2D eigenvalue weighted by atomic mass is 9.96. The molecule has 8 nitrogen and oxygen atoms in total. The lowest BCUT2D eigenvalue weighted by Gasteiger charge is -2.21. The molecule has 0 saturated heterocycles. The second-order valence-corrected chi connectivity index (χ2v) is 7.21. The Kier molecular flexibility index (Phi) is 3.74. The van der Waals surface area contributed by atoms with Gasteiger partial charge in [0.05, 0.1) is 34.7 Å². The number of benzene rings is 1. The molecule has 148 valence electrons. The maximum absolute atomic E-state index is 14.1. The molecule has 3 aromatic rings. The highest BCUT2D eigenvalue weighted by Crippen LogP contribution is 2.38. The second kappa shape index (κ2) is 6.10. The van der Waals surface area contributed by atoms with Crippen LogP contribution in [0.2, 0.25) is 0 Å². The van der Waals surface area contributed by atoms with Crippen molar-refractivity contribution in [3.8, 4) is 11.4 Å². The summed E-state index contributed by atoms with van der Waals surface area (Å²) in [5, 5.41) is 10.9. The van der Waals surface area contributed by atoms with Crippen LogP contribution < -0.4 is 17.0 Å². The molecule has 0 radical (unpaired) electrons. The molecule has 0 fully saturated rings. The third-order valence-electron chi connectivity index (χ3n) is 5.59. The molecule has 0 saturated carbocycles. The van der Waals surface area contributed by atoms with E-state index in [1.807, 2.05) is 0 Å². The van der Waals surface area contributed by atoms with Crippen LogP contribution in [0.1, 0.15) is 28.4 Å². The van der Waals surface area contributed by atoms with Crippen LogP contribution in [0.4, 0.5) is 10.1 Å². The summed E-state index contributed by atoms with van der Waals surface area (Å²) in [5.74, 6) is -1.38. The van der Waals surface area contributed by atoms with Gasteiger partial charge in [0.1, 0.15) is 12.4 Å². The van der Waals surface area contributed by atoms with Crippen molar-refractivity contribution in [1.29, 1.82) is 0 Å². The van der Waals surface area contributed by atoms with Crippen LogP contribution >= 0.6 is 0 Å². The van der Waals surface area contributed by atoms with E-state index in [1.165, 1.54) is 16.7 Å². The van der Waals surface area contributed by atoms with Crippen molar-refractivity contribution in [2.24, 2.45) is 5.73 Å². The van der Waals surface area contributed by atoms with E-state index in [2.05, 4.69) is 4.98 Å². The standard InChI is InChI=1S/C20H17FN4O4/c21-13-5-15-9(3-14(13)23)8(1-2-22)11-6-25-16(17(11)24-15)4-10-12(19(25)27)7-29-20(28)18(10)26/h3-5,18,26H,1-2,6-7,22-23H2. The Hall–Kier alpha value is -3.30. The summed E-state index contributed by atoms with van der Waals surface area (Å²) in [7, 11) is 0. The summed E-state index contributed by atoms with van der Waals surface area (Å²) in [6.45, 7) is 0.426. The molecule has 4 heterocycles. The number of anilines is 1.